The molecule has 0 saturated carbocycles. The molecule has 2 aromatic carbocycles. The number of likely N-dealkylation sites (N-methyl/N-ethyl adjacent to an activating group) is 2. The molecule has 37 heavy (non-hydrogen) atoms. The summed E-state index contributed by atoms with van der Waals surface area (Å²) in [7, 11) is 3.70. The Kier molecular flexibility index (Phi) is 9.25. The summed E-state index contributed by atoms with van der Waals surface area (Å²) in [4.78, 5) is 21.0. The third-order valence-electron chi connectivity index (χ3n) is 5.69. The number of carbonyl (C=O) groups is 1. The van der Waals surface area contributed by atoms with Gasteiger partial charge in [-0.2, -0.15) is 13.2 Å². The number of amides is 1. The van der Waals surface area contributed by atoms with Crippen molar-refractivity contribution in [1.29, 1.82) is 0 Å². The number of pyridine rings is 1. The zero-order valence-corrected chi connectivity index (χ0v) is 20.9. The molecule has 1 heterocycles. The van der Waals surface area contributed by atoms with Gasteiger partial charge >= 0.3 is 6.18 Å². The summed E-state index contributed by atoms with van der Waals surface area (Å²) in [5.41, 5.74) is 0.471. The Balaban J connectivity index is 1.90. The largest absolute Gasteiger partial charge is 0.457 e. The maximum Gasteiger partial charge on any atom is 0.416 e. The Hall–Kier alpha value is -3.47. The molecular formula is C27H30F3N3O4. The number of aliphatic hydroxyl groups is 2. The molecule has 0 aliphatic rings. The van der Waals surface area contributed by atoms with E-state index in [4.69, 9.17) is 9.84 Å². The van der Waals surface area contributed by atoms with Gasteiger partial charge in [-0.05, 0) is 75.6 Å². The van der Waals surface area contributed by atoms with Crippen molar-refractivity contribution >= 4 is 5.91 Å². The second kappa shape index (κ2) is 12.2. The Morgan fingerprint density at radius 3 is 2.35 bits per heavy atom. The van der Waals surface area contributed by atoms with E-state index in [9.17, 15) is 23.1 Å². The highest BCUT2D eigenvalue weighted by atomic mass is 19.4. The van der Waals surface area contributed by atoms with E-state index in [1.807, 2.05) is 19.0 Å². The third-order valence-corrected chi connectivity index (χ3v) is 5.69. The molecule has 0 spiro atoms. The molecule has 0 fully saturated rings. The third kappa shape index (κ3) is 7.28. The molecule has 3 rings (SSSR count). The van der Waals surface area contributed by atoms with Crippen LogP contribution in [-0.2, 0) is 6.18 Å². The number of carbonyl (C=O) groups excluding carboxylic acids is 1. The van der Waals surface area contributed by atoms with Gasteiger partial charge < -0.3 is 24.7 Å². The Bertz CT molecular complexity index is 1200. The second-order valence-corrected chi connectivity index (χ2v) is 8.67. The Labute approximate surface area is 213 Å². The monoisotopic (exact) mass is 517 g/mol. The van der Waals surface area contributed by atoms with Gasteiger partial charge in [-0.15, -0.1) is 0 Å². The normalized spacial score (nSPS) is 12.5. The maximum absolute atomic E-state index is 13.4. The molecule has 0 saturated heterocycles. The smallest absolute Gasteiger partial charge is 0.416 e. The van der Waals surface area contributed by atoms with Crippen molar-refractivity contribution in [3.8, 4) is 22.8 Å². The number of aliphatic hydroxyl groups excluding tert-OH is 2. The number of hydrogen-bond donors (Lipinski definition) is 2. The van der Waals surface area contributed by atoms with Crippen LogP contribution in [0.5, 0.6) is 11.5 Å². The van der Waals surface area contributed by atoms with Gasteiger partial charge in [0, 0.05) is 25.2 Å². The van der Waals surface area contributed by atoms with Crippen molar-refractivity contribution in [2.24, 2.45) is 0 Å². The second-order valence-electron chi connectivity index (χ2n) is 8.67. The van der Waals surface area contributed by atoms with Crippen molar-refractivity contribution < 1.29 is 32.9 Å². The summed E-state index contributed by atoms with van der Waals surface area (Å²) < 4.78 is 46.1. The van der Waals surface area contributed by atoms with Gasteiger partial charge in [-0.3, -0.25) is 4.79 Å². The summed E-state index contributed by atoms with van der Waals surface area (Å²) in [5, 5.41) is 19.0. The Morgan fingerprint density at radius 1 is 1.05 bits per heavy atom. The van der Waals surface area contributed by atoms with Crippen molar-refractivity contribution in [1.82, 2.24) is 14.8 Å². The number of benzene rings is 2. The molecule has 198 valence electrons. The summed E-state index contributed by atoms with van der Waals surface area (Å²) in [6, 6.07) is 14.5. The fourth-order valence-electron chi connectivity index (χ4n) is 3.57. The highest BCUT2D eigenvalue weighted by Gasteiger charge is 2.33. The van der Waals surface area contributed by atoms with Crippen LogP contribution in [0.15, 0.2) is 60.7 Å². The molecule has 1 aromatic heterocycles. The van der Waals surface area contributed by atoms with Crippen molar-refractivity contribution in [3.63, 3.8) is 0 Å². The lowest BCUT2D eigenvalue weighted by Crippen LogP contribution is -2.36. The van der Waals surface area contributed by atoms with E-state index in [-0.39, 0.29) is 11.3 Å². The molecule has 0 aliphatic carbocycles. The number of rotatable bonds is 10. The van der Waals surface area contributed by atoms with E-state index < -0.39 is 30.4 Å². The van der Waals surface area contributed by atoms with Crippen LogP contribution in [0.3, 0.4) is 0 Å². The molecule has 3 aromatic rings. The average molecular weight is 518 g/mol. The minimum Gasteiger partial charge on any atom is -0.457 e. The van der Waals surface area contributed by atoms with E-state index in [0.29, 0.717) is 42.3 Å². The molecule has 0 bridgehead atoms. The van der Waals surface area contributed by atoms with Gasteiger partial charge in [0.1, 0.15) is 17.6 Å². The number of hydrogen-bond acceptors (Lipinski definition) is 6. The van der Waals surface area contributed by atoms with Gasteiger partial charge in [-0.1, -0.05) is 6.07 Å². The minimum absolute atomic E-state index is 0.0141. The zero-order chi connectivity index (χ0) is 27.2. The highest BCUT2D eigenvalue weighted by molar-refractivity contribution is 5.97. The van der Waals surface area contributed by atoms with Crippen LogP contribution in [0.4, 0.5) is 13.2 Å². The van der Waals surface area contributed by atoms with E-state index in [0.717, 1.165) is 18.2 Å². The molecule has 1 atom stereocenters. The van der Waals surface area contributed by atoms with Crippen LogP contribution < -0.4 is 4.74 Å². The van der Waals surface area contributed by atoms with E-state index >= 15 is 0 Å². The topological polar surface area (TPSA) is 86.1 Å². The van der Waals surface area contributed by atoms with Crippen LogP contribution in [-0.4, -0.2) is 71.2 Å². The zero-order valence-electron chi connectivity index (χ0n) is 20.9. The lowest BCUT2D eigenvalue weighted by atomic mass is 10.1. The van der Waals surface area contributed by atoms with Crippen molar-refractivity contribution in [2.75, 3.05) is 40.3 Å². The summed E-state index contributed by atoms with van der Waals surface area (Å²) in [5.74, 6) is -0.216. The van der Waals surface area contributed by atoms with E-state index in [1.54, 1.807) is 49.4 Å². The molecule has 1 amide bonds. The number of alkyl halides is 3. The molecule has 7 nitrogen and oxygen atoms in total. The van der Waals surface area contributed by atoms with Crippen LogP contribution in [0.2, 0.25) is 0 Å². The molecular weight excluding hydrogens is 487 g/mol. The molecule has 0 radical (unpaired) electrons. The molecule has 0 aliphatic heterocycles. The number of ether oxygens (including phenoxy) is 1. The van der Waals surface area contributed by atoms with Gasteiger partial charge in [0.15, 0.2) is 0 Å². The first-order valence-electron chi connectivity index (χ1n) is 11.7. The van der Waals surface area contributed by atoms with Crippen LogP contribution in [0.25, 0.3) is 11.3 Å². The van der Waals surface area contributed by atoms with Crippen LogP contribution in [0, 0.1) is 0 Å². The first-order chi connectivity index (χ1) is 17.5. The lowest BCUT2D eigenvalue weighted by Gasteiger charge is -2.24. The number of aromatic nitrogens is 1. The predicted octanol–water partition coefficient (Wildman–Crippen LogP) is 4.61. The fourth-order valence-corrected chi connectivity index (χ4v) is 3.57. The van der Waals surface area contributed by atoms with E-state index in [2.05, 4.69) is 4.98 Å². The predicted molar refractivity (Wildman–Crippen MR) is 133 cm³/mol. The van der Waals surface area contributed by atoms with Crippen molar-refractivity contribution in [2.45, 2.75) is 19.2 Å². The van der Waals surface area contributed by atoms with E-state index in [1.165, 1.54) is 4.90 Å². The summed E-state index contributed by atoms with van der Waals surface area (Å²) >= 11 is 0. The number of halogens is 3. The minimum atomic E-state index is -4.61. The Morgan fingerprint density at radius 2 is 1.76 bits per heavy atom. The maximum atomic E-state index is 13.4. The average Bonchev–Trinajstić information content (AvgIpc) is 2.88. The first kappa shape index (κ1) is 28.1. The molecule has 2 N–H and O–H groups in total. The summed E-state index contributed by atoms with van der Waals surface area (Å²) in [6.45, 7) is 2.55. The molecule has 10 heteroatoms. The van der Waals surface area contributed by atoms with Gasteiger partial charge in [0.05, 0.1) is 29.1 Å². The lowest BCUT2D eigenvalue weighted by molar-refractivity contribution is -0.137. The van der Waals surface area contributed by atoms with Crippen LogP contribution >= 0.6 is 0 Å². The van der Waals surface area contributed by atoms with Gasteiger partial charge in [0.25, 0.3) is 5.91 Å². The number of nitrogens with zero attached hydrogens (tertiary/aromatic N) is 3. The van der Waals surface area contributed by atoms with Crippen molar-refractivity contribution in [3.05, 3.63) is 77.5 Å². The molecule has 0 unspecified atom stereocenters. The summed E-state index contributed by atoms with van der Waals surface area (Å²) in [6.07, 6.45) is -5.71. The van der Waals surface area contributed by atoms with Gasteiger partial charge in [-0.25, -0.2) is 4.98 Å². The van der Waals surface area contributed by atoms with Gasteiger partial charge in [0.2, 0.25) is 0 Å². The fraction of sp³-hybridized carbons (Fsp3) is 0.333. The quantitative estimate of drug-likeness (QED) is 0.409. The standard InChI is InChI=1S/C27H30F3N3O4/c1-4-33(15-14-32(2)3)26(36)21-16-19(27(28,29)30)10-13-25(21)37-20-11-8-18(9-12-20)22-6-5-7-23(31-22)24(35)17-34/h5-13,16,24,34-35H,4,14-15,17H2,1-3H3/t24-/m1/s1. The SMILES string of the molecule is CCN(CCN(C)C)C(=O)c1cc(C(F)(F)F)ccc1Oc1ccc(-c2cccc([C@H](O)CO)n2)cc1. The van der Waals surface area contributed by atoms with Crippen LogP contribution in [0.1, 0.15) is 34.6 Å². The first-order valence-corrected chi connectivity index (χ1v) is 11.7. The highest BCUT2D eigenvalue weighted by Crippen LogP contribution is 2.35.